The molecule has 0 N–H and O–H groups in total. The average molecular weight is 321 g/mol. The Kier molecular flexibility index (Phi) is 2.69. The lowest BCUT2D eigenvalue weighted by molar-refractivity contribution is -0.658. The van der Waals surface area contributed by atoms with Crippen LogP contribution in [0.1, 0.15) is 5.01 Å². The highest BCUT2D eigenvalue weighted by Gasteiger charge is 2.27. The molecule has 22 heavy (non-hydrogen) atoms. The van der Waals surface area contributed by atoms with Crippen LogP contribution < -0.4 is 9.47 Å². The molecule has 0 fully saturated rings. The van der Waals surface area contributed by atoms with Crippen molar-refractivity contribution in [2.24, 2.45) is 0 Å². The van der Waals surface area contributed by atoms with Crippen LogP contribution >= 0.6 is 23.1 Å². The van der Waals surface area contributed by atoms with Crippen LogP contribution in [-0.4, -0.2) is 0 Å². The van der Waals surface area contributed by atoms with Gasteiger partial charge >= 0.3 is 0 Å². The first kappa shape index (κ1) is 12.5. The van der Waals surface area contributed by atoms with E-state index in [1.165, 1.54) is 30.8 Å². The number of allylic oxidation sites excluding steroid dienone is 1. The molecule has 2 aliphatic rings. The number of anilines is 1. The molecule has 3 heterocycles. The fourth-order valence-electron chi connectivity index (χ4n) is 2.99. The Hall–Kier alpha value is -2.04. The van der Waals surface area contributed by atoms with E-state index in [1.807, 2.05) is 23.1 Å². The van der Waals surface area contributed by atoms with Crippen molar-refractivity contribution in [1.82, 2.24) is 0 Å². The van der Waals surface area contributed by atoms with Crippen molar-refractivity contribution in [3.8, 4) is 0 Å². The largest absolute Gasteiger partial charge is 0.310 e. The van der Waals surface area contributed by atoms with Gasteiger partial charge in [0, 0.05) is 17.2 Å². The molecule has 3 aromatic rings. The predicted molar refractivity (Wildman–Crippen MR) is 93.9 cm³/mol. The molecular weight excluding hydrogens is 308 g/mol. The van der Waals surface area contributed by atoms with Crippen LogP contribution in [0.5, 0.6) is 0 Å². The summed E-state index contributed by atoms with van der Waals surface area (Å²) in [4.78, 5) is 3.63. The molecule has 0 aliphatic carbocycles. The maximum atomic E-state index is 2.39. The number of hydrogen-bond acceptors (Lipinski definition) is 3. The van der Waals surface area contributed by atoms with Crippen molar-refractivity contribution < 1.29 is 4.57 Å². The zero-order chi connectivity index (χ0) is 14.5. The zero-order valence-electron chi connectivity index (χ0n) is 11.8. The fraction of sp³-hybridized carbons (Fsp3) is 0.0556. The lowest BCUT2D eigenvalue weighted by atomic mass is 10.3. The molecule has 0 unspecified atom stereocenters. The summed E-state index contributed by atoms with van der Waals surface area (Å²) in [5, 5.41) is 2.59. The maximum absolute atomic E-state index is 2.39. The van der Waals surface area contributed by atoms with Gasteiger partial charge in [-0.15, -0.1) is 0 Å². The molecule has 0 spiro atoms. The predicted octanol–water partition coefficient (Wildman–Crippen LogP) is 4.63. The van der Waals surface area contributed by atoms with Gasteiger partial charge in [-0.3, -0.25) is 0 Å². The van der Waals surface area contributed by atoms with Crippen LogP contribution in [0, 0.1) is 0 Å². The van der Waals surface area contributed by atoms with Crippen molar-refractivity contribution in [1.29, 1.82) is 0 Å². The van der Waals surface area contributed by atoms with E-state index in [2.05, 4.69) is 76.3 Å². The Morgan fingerprint density at radius 2 is 1.86 bits per heavy atom. The zero-order valence-corrected chi connectivity index (χ0v) is 13.4. The van der Waals surface area contributed by atoms with Crippen LogP contribution in [0.2, 0.25) is 0 Å². The van der Waals surface area contributed by atoms with Gasteiger partial charge in [-0.1, -0.05) is 47.4 Å². The van der Waals surface area contributed by atoms with Crippen LogP contribution in [0.4, 0.5) is 5.69 Å². The number of thiazole rings is 1. The van der Waals surface area contributed by atoms with Crippen molar-refractivity contribution in [2.45, 2.75) is 11.4 Å². The molecule has 2 aliphatic heterocycles. The molecule has 0 saturated carbocycles. The van der Waals surface area contributed by atoms with Gasteiger partial charge in [-0.2, -0.15) is 4.57 Å². The van der Waals surface area contributed by atoms with E-state index in [4.69, 9.17) is 0 Å². The van der Waals surface area contributed by atoms with E-state index in [0.29, 0.717) is 0 Å². The standard InChI is InChI=1S/C18H13N2S2/c1-3-8-15-13(6-1)19-10-5-11-20-14-7-2-4-9-16(14)22-18(20)12-17(19)21-15/h1-10,12H,11H2/q+1. The third kappa shape index (κ3) is 1.77. The van der Waals surface area contributed by atoms with Crippen molar-refractivity contribution in [3.05, 3.63) is 70.8 Å². The Bertz CT molecular complexity index is 953. The normalized spacial score (nSPS) is 18.2. The van der Waals surface area contributed by atoms with Gasteiger partial charge in [0.1, 0.15) is 4.70 Å². The first-order valence-corrected chi connectivity index (χ1v) is 8.89. The second-order valence-electron chi connectivity index (χ2n) is 5.33. The van der Waals surface area contributed by atoms with E-state index >= 15 is 0 Å². The summed E-state index contributed by atoms with van der Waals surface area (Å²) < 4.78 is 3.74. The summed E-state index contributed by atoms with van der Waals surface area (Å²) in [5.41, 5.74) is 2.60. The minimum Gasteiger partial charge on any atom is -0.310 e. The van der Waals surface area contributed by atoms with E-state index in [-0.39, 0.29) is 0 Å². The van der Waals surface area contributed by atoms with Crippen molar-refractivity contribution >= 4 is 45.1 Å². The second-order valence-corrected chi connectivity index (χ2v) is 7.45. The number of aromatic nitrogens is 1. The van der Waals surface area contributed by atoms with Gasteiger partial charge in [-0.25, -0.2) is 0 Å². The minimum absolute atomic E-state index is 0.909. The Labute approximate surface area is 137 Å². The van der Waals surface area contributed by atoms with Gasteiger partial charge in [0.25, 0.3) is 5.01 Å². The summed E-state index contributed by atoms with van der Waals surface area (Å²) in [7, 11) is 0. The second kappa shape index (κ2) is 4.73. The molecule has 0 amide bonds. The first-order chi connectivity index (χ1) is 10.9. The molecular formula is C18H13N2S2+. The number of para-hydroxylation sites is 2. The van der Waals surface area contributed by atoms with E-state index in [9.17, 15) is 0 Å². The molecule has 0 radical (unpaired) electrons. The highest BCUT2D eigenvalue weighted by molar-refractivity contribution is 8.04. The van der Waals surface area contributed by atoms with Gasteiger partial charge in [-0.05, 0) is 24.3 Å². The lowest BCUT2D eigenvalue weighted by Crippen LogP contribution is -2.35. The lowest BCUT2D eigenvalue weighted by Gasteiger charge is -2.15. The Balaban J connectivity index is 1.73. The summed E-state index contributed by atoms with van der Waals surface area (Å²) >= 11 is 3.71. The smallest absolute Gasteiger partial charge is 0.265 e. The van der Waals surface area contributed by atoms with Crippen LogP contribution in [0.25, 0.3) is 16.3 Å². The third-order valence-corrected chi connectivity index (χ3v) is 6.20. The average Bonchev–Trinajstić information content (AvgIpc) is 3.04. The molecule has 0 bridgehead atoms. The maximum Gasteiger partial charge on any atom is 0.265 e. The van der Waals surface area contributed by atoms with Crippen molar-refractivity contribution in [3.63, 3.8) is 0 Å². The van der Waals surface area contributed by atoms with Gasteiger partial charge < -0.3 is 4.90 Å². The summed E-state index contributed by atoms with van der Waals surface area (Å²) in [5.74, 6) is 0. The summed E-state index contributed by atoms with van der Waals surface area (Å²) in [6, 6.07) is 17.2. The molecule has 2 aromatic carbocycles. The number of fused-ring (bicyclic) bond motifs is 6. The molecule has 4 heteroatoms. The summed E-state index contributed by atoms with van der Waals surface area (Å²) in [6.45, 7) is 0.909. The summed E-state index contributed by atoms with van der Waals surface area (Å²) in [6.07, 6.45) is 6.77. The van der Waals surface area contributed by atoms with Crippen LogP contribution in [-0.2, 0) is 6.54 Å². The number of rotatable bonds is 0. The molecule has 0 atom stereocenters. The van der Waals surface area contributed by atoms with Crippen molar-refractivity contribution in [2.75, 3.05) is 4.90 Å². The van der Waals surface area contributed by atoms with E-state index in [0.717, 1.165) is 6.54 Å². The number of hydrogen-bond donors (Lipinski definition) is 0. The molecule has 5 rings (SSSR count). The number of thioether (sulfide) groups is 1. The highest BCUT2D eigenvalue weighted by Crippen LogP contribution is 2.47. The minimum atomic E-state index is 0.909. The SMILES string of the molecule is C1=CN2/C(=C\c3sc4ccccc4[n+]3C1)Sc1ccccc12. The fourth-order valence-corrected chi connectivity index (χ4v) is 5.24. The van der Waals surface area contributed by atoms with E-state index < -0.39 is 0 Å². The van der Waals surface area contributed by atoms with Gasteiger partial charge in [0.15, 0.2) is 6.54 Å². The van der Waals surface area contributed by atoms with E-state index in [1.54, 1.807) is 0 Å². The molecule has 2 nitrogen and oxygen atoms in total. The molecule has 1 aromatic heterocycles. The number of benzene rings is 2. The topological polar surface area (TPSA) is 7.12 Å². The van der Waals surface area contributed by atoms with Crippen LogP contribution in [0.3, 0.4) is 0 Å². The quantitative estimate of drug-likeness (QED) is 0.557. The number of nitrogens with zero attached hydrogens (tertiary/aromatic N) is 2. The third-order valence-electron chi connectivity index (χ3n) is 4.00. The Morgan fingerprint density at radius 3 is 2.86 bits per heavy atom. The molecule has 106 valence electrons. The Morgan fingerprint density at radius 1 is 1.00 bits per heavy atom. The highest BCUT2D eigenvalue weighted by atomic mass is 32.2. The van der Waals surface area contributed by atoms with Crippen LogP contribution in [0.15, 0.2) is 70.7 Å². The first-order valence-electron chi connectivity index (χ1n) is 7.26. The van der Waals surface area contributed by atoms with Gasteiger partial charge in [0.05, 0.1) is 16.8 Å². The van der Waals surface area contributed by atoms with Gasteiger partial charge in [0.2, 0.25) is 5.52 Å². The monoisotopic (exact) mass is 321 g/mol. The molecule has 0 saturated heterocycles.